The van der Waals surface area contributed by atoms with Crippen LogP contribution in [0, 0.1) is 0 Å². The Morgan fingerprint density at radius 3 is 2.95 bits per heavy atom. The van der Waals surface area contributed by atoms with Crippen molar-refractivity contribution in [1.82, 2.24) is 20.8 Å². The van der Waals surface area contributed by atoms with Gasteiger partial charge in [0.1, 0.15) is 6.04 Å². The zero-order valence-electron chi connectivity index (χ0n) is 11.7. The highest BCUT2D eigenvalue weighted by molar-refractivity contribution is 8.01. The molecular weight excluding hydrogens is 280 g/mol. The van der Waals surface area contributed by atoms with Crippen LogP contribution in [-0.4, -0.2) is 38.5 Å². The predicted octanol–water partition coefficient (Wildman–Crippen LogP) is 0.258. The highest BCUT2D eigenvalue weighted by Gasteiger charge is 2.37. The summed E-state index contributed by atoms with van der Waals surface area (Å²) >= 11 is 1.47. The van der Waals surface area contributed by atoms with Crippen molar-refractivity contribution in [1.29, 1.82) is 0 Å². The Balaban J connectivity index is 1.85. The summed E-state index contributed by atoms with van der Waals surface area (Å²) in [7, 11) is 0. The summed E-state index contributed by atoms with van der Waals surface area (Å²) in [6.45, 7) is 5.77. The van der Waals surface area contributed by atoms with Crippen LogP contribution in [0.1, 0.15) is 32.5 Å². The maximum Gasteiger partial charge on any atom is 0.246 e. The van der Waals surface area contributed by atoms with Crippen LogP contribution in [-0.2, 0) is 22.6 Å². The standard InChI is InChI=1S/C12H18N4O3S/c1-4-8-15-9(19-16-8)5-13-10(17)7-6-20-12(2,3)11(18)14-7/h7H,4-6H2,1-3H3,(H,13,17)(H,14,18)/t7-/m1/s1. The van der Waals surface area contributed by atoms with E-state index in [0.29, 0.717) is 23.9 Å². The third-order valence-corrected chi connectivity index (χ3v) is 4.43. The molecule has 110 valence electrons. The SMILES string of the molecule is CCc1noc(CNC(=O)[C@H]2CSC(C)(C)C(=O)N2)n1. The average Bonchev–Trinajstić information content (AvgIpc) is 2.87. The fraction of sp³-hybridized carbons (Fsp3) is 0.667. The van der Waals surface area contributed by atoms with Gasteiger partial charge in [-0.3, -0.25) is 9.59 Å². The van der Waals surface area contributed by atoms with E-state index in [-0.39, 0.29) is 18.4 Å². The number of aromatic nitrogens is 2. The number of hydrogen-bond donors (Lipinski definition) is 2. The third-order valence-electron chi connectivity index (χ3n) is 3.02. The van der Waals surface area contributed by atoms with Gasteiger partial charge >= 0.3 is 0 Å². The van der Waals surface area contributed by atoms with Crippen LogP contribution in [0.3, 0.4) is 0 Å². The molecule has 7 nitrogen and oxygen atoms in total. The Kier molecular flexibility index (Phi) is 4.32. The number of hydrogen-bond acceptors (Lipinski definition) is 6. The molecule has 1 aliphatic heterocycles. The molecule has 1 saturated heterocycles. The van der Waals surface area contributed by atoms with Crippen LogP contribution in [0.25, 0.3) is 0 Å². The molecule has 0 spiro atoms. The monoisotopic (exact) mass is 298 g/mol. The van der Waals surface area contributed by atoms with Gasteiger partial charge in [0.2, 0.25) is 17.7 Å². The van der Waals surface area contributed by atoms with Crippen molar-refractivity contribution < 1.29 is 14.1 Å². The van der Waals surface area contributed by atoms with Crippen LogP contribution in [0.2, 0.25) is 0 Å². The van der Waals surface area contributed by atoms with E-state index in [0.717, 1.165) is 0 Å². The molecule has 0 saturated carbocycles. The van der Waals surface area contributed by atoms with Crippen LogP contribution in [0.15, 0.2) is 4.52 Å². The average molecular weight is 298 g/mol. The zero-order chi connectivity index (χ0) is 14.8. The van der Waals surface area contributed by atoms with Gasteiger partial charge in [0.25, 0.3) is 0 Å². The van der Waals surface area contributed by atoms with Crippen molar-refractivity contribution in [3.8, 4) is 0 Å². The number of carbonyl (C=O) groups excluding carboxylic acids is 2. The quantitative estimate of drug-likeness (QED) is 0.827. The molecule has 0 aliphatic carbocycles. The third kappa shape index (κ3) is 3.30. The second-order valence-electron chi connectivity index (χ2n) is 5.02. The lowest BCUT2D eigenvalue weighted by atomic mass is 10.1. The van der Waals surface area contributed by atoms with E-state index in [9.17, 15) is 9.59 Å². The fourth-order valence-electron chi connectivity index (χ4n) is 1.66. The van der Waals surface area contributed by atoms with Crippen LogP contribution in [0.5, 0.6) is 0 Å². The topological polar surface area (TPSA) is 97.1 Å². The lowest BCUT2D eigenvalue weighted by Crippen LogP contribution is -2.57. The van der Waals surface area contributed by atoms with Crippen molar-refractivity contribution in [3.05, 3.63) is 11.7 Å². The highest BCUT2D eigenvalue weighted by Crippen LogP contribution is 2.28. The van der Waals surface area contributed by atoms with Gasteiger partial charge in [-0.1, -0.05) is 12.1 Å². The first-order valence-corrected chi connectivity index (χ1v) is 7.45. The van der Waals surface area contributed by atoms with E-state index in [1.54, 1.807) is 0 Å². The second kappa shape index (κ2) is 5.82. The predicted molar refractivity (Wildman–Crippen MR) is 74.0 cm³/mol. The number of nitrogens with zero attached hydrogens (tertiary/aromatic N) is 2. The molecule has 1 atom stereocenters. The molecule has 0 aromatic carbocycles. The number of nitrogens with one attached hydrogen (secondary N) is 2. The van der Waals surface area contributed by atoms with Gasteiger partial charge < -0.3 is 15.2 Å². The Morgan fingerprint density at radius 1 is 1.60 bits per heavy atom. The smallest absolute Gasteiger partial charge is 0.246 e. The van der Waals surface area contributed by atoms with E-state index in [4.69, 9.17) is 4.52 Å². The summed E-state index contributed by atoms with van der Waals surface area (Å²) in [5.74, 6) is 1.16. The molecule has 0 radical (unpaired) electrons. The summed E-state index contributed by atoms with van der Waals surface area (Å²) in [5, 5.41) is 9.16. The zero-order valence-corrected chi connectivity index (χ0v) is 12.5. The minimum absolute atomic E-state index is 0.125. The van der Waals surface area contributed by atoms with Crippen molar-refractivity contribution in [2.24, 2.45) is 0 Å². The molecule has 0 unspecified atom stereocenters. The summed E-state index contributed by atoms with van der Waals surface area (Å²) in [6, 6.07) is -0.519. The summed E-state index contributed by atoms with van der Waals surface area (Å²) in [4.78, 5) is 27.9. The van der Waals surface area contributed by atoms with Crippen molar-refractivity contribution in [3.63, 3.8) is 0 Å². The number of aryl methyl sites for hydroxylation is 1. The molecule has 1 aliphatic rings. The molecule has 2 amide bonds. The van der Waals surface area contributed by atoms with Crippen LogP contribution in [0.4, 0.5) is 0 Å². The molecule has 1 fully saturated rings. The largest absolute Gasteiger partial charge is 0.345 e. The van der Waals surface area contributed by atoms with Crippen LogP contribution < -0.4 is 10.6 Å². The Bertz CT molecular complexity index is 515. The lowest BCUT2D eigenvalue weighted by molar-refractivity contribution is -0.129. The molecule has 8 heteroatoms. The number of thioether (sulfide) groups is 1. The van der Waals surface area contributed by atoms with Crippen molar-refractivity contribution >= 4 is 23.6 Å². The fourth-order valence-corrected chi connectivity index (χ4v) is 2.67. The Morgan fingerprint density at radius 2 is 2.35 bits per heavy atom. The second-order valence-corrected chi connectivity index (χ2v) is 6.67. The first-order chi connectivity index (χ1) is 9.42. The molecule has 1 aromatic heterocycles. The highest BCUT2D eigenvalue weighted by atomic mass is 32.2. The first kappa shape index (κ1) is 14.8. The van der Waals surface area contributed by atoms with E-state index < -0.39 is 10.8 Å². The van der Waals surface area contributed by atoms with Gasteiger partial charge in [-0.05, 0) is 13.8 Å². The molecule has 1 aromatic rings. The molecular formula is C12H18N4O3S. The van der Waals surface area contributed by atoms with Crippen molar-refractivity contribution in [2.75, 3.05) is 5.75 Å². The summed E-state index contributed by atoms with van der Waals surface area (Å²) < 4.78 is 4.49. The van der Waals surface area contributed by atoms with Crippen molar-refractivity contribution in [2.45, 2.75) is 44.5 Å². The molecule has 2 N–H and O–H groups in total. The van der Waals surface area contributed by atoms with Crippen LogP contribution >= 0.6 is 11.8 Å². The minimum atomic E-state index is -0.519. The molecule has 2 heterocycles. The van der Waals surface area contributed by atoms with E-state index in [1.807, 2.05) is 20.8 Å². The Labute approximate surface area is 121 Å². The summed E-state index contributed by atoms with van der Waals surface area (Å²) in [6.07, 6.45) is 0.682. The van der Waals surface area contributed by atoms with Gasteiger partial charge in [-0.25, -0.2) is 0 Å². The van der Waals surface area contributed by atoms with Gasteiger partial charge in [0, 0.05) is 12.2 Å². The van der Waals surface area contributed by atoms with Gasteiger partial charge in [-0.2, -0.15) is 4.98 Å². The number of amides is 2. The Hall–Kier alpha value is -1.57. The number of rotatable bonds is 4. The molecule has 0 bridgehead atoms. The number of carbonyl (C=O) groups is 2. The lowest BCUT2D eigenvalue weighted by Gasteiger charge is -2.32. The maximum absolute atomic E-state index is 12.0. The molecule has 2 rings (SSSR count). The first-order valence-electron chi connectivity index (χ1n) is 6.46. The minimum Gasteiger partial charge on any atom is -0.345 e. The van der Waals surface area contributed by atoms with E-state index >= 15 is 0 Å². The normalized spacial score (nSPS) is 21.4. The van der Waals surface area contributed by atoms with Gasteiger partial charge in [-0.15, -0.1) is 11.8 Å². The van der Waals surface area contributed by atoms with Gasteiger partial charge in [0.15, 0.2) is 5.82 Å². The van der Waals surface area contributed by atoms with Gasteiger partial charge in [0.05, 0.1) is 11.3 Å². The molecule has 20 heavy (non-hydrogen) atoms. The van der Waals surface area contributed by atoms with E-state index in [2.05, 4.69) is 20.8 Å². The summed E-state index contributed by atoms with van der Waals surface area (Å²) in [5.41, 5.74) is 0. The maximum atomic E-state index is 12.0. The van der Waals surface area contributed by atoms with E-state index in [1.165, 1.54) is 11.8 Å².